The zero-order valence-electron chi connectivity index (χ0n) is 8.45. The first kappa shape index (κ1) is 11.9. The minimum absolute atomic E-state index is 0.378. The van der Waals surface area contributed by atoms with Crippen LogP contribution in [-0.4, -0.2) is 29.7 Å². The molecule has 15 heavy (non-hydrogen) atoms. The summed E-state index contributed by atoms with van der Waals surface area (Å²) < 4.78 is 5.31. The normalized spacial score (nSPS) is 9.93. The van der Waals surface area contributed by atoms with Gasteiger partial charge in [0.2, 0.25) is 0 Å². The molecule has 82 valence electrons. The molecule has 0 radical (unpaired) electrons. The third kappa shape index (κ3) is 4.76. The summed E-state index contributed by atoms with van der Waals surface area (Å²) in [5, 5.41) is 3.41. The first-order valence-corrected chi connectivity index (χ1v) is 5.11. The molecule has 0 saturated heterocycles. The van der Waals surface area contributed by atoms with Gasteiger partial charge in [-0.25, -0.2) is 9.97 Å². The highest BCUT2D eigenvalue weighted by atomic mass is 35.5. The Morgan fingerprint density at radius 2 is 2.20 bits per heavy atom. The number of halogens is 1. The molecule has 0 aliphatic carbocycles. The Morgan fingerprint density at radius 1 is 1.40 bits per heavy atom. The summed E-state index contributed by atoms with van der Waals surface area (Å²) >= 11 is 5.80. The summed E-state index contributed by atoms with van der Waals surface area (Å²) in [6.45, 7) is 5.57. The zero-order chi connectivity index (χ0) is 10.9. The van der Waals surface area contributed by atoms with Crippen molar-refractivity contribution in [3.8, 4) is 0 Å². The van der Waals surface area contributed by atoms with Crippen molar-refractivity contribution in [2.45, 2.75) is 6.42 Å². The van der Waals surface area contributed by atoms with Crippen molar-refractivity contribution in [1.82, 2.24) is 9.97 Å². The first-order valence-electron chi connectivity index (χ1n) is 4.73. The van der Waals surface area contributed by atoms with E-state index in [2.05, 4.69) is 21.9 Å². The van der Waals surface area contributed by atoms with Crippen LogP contribution in [0.15, 0.2) is 25.0 Å². The van der Waals surface area contributed by atoms with Gasteiger partial charge in [-0.15, -0.1) is 6.58 Å². The Balaban J connectivity index is 2.15. The summed E-state index contributed by atoms with van der Waals surface area (Å²) in [6.07, 6.45) is 5.83. The topological polar surface area (TPSA) is 47.0 Å². The van der Waals surface area contributed by atoms with Crippen molar-refractivity contribution >= 4 is 17.4 Å². The minimum atomic E-state index is 0.378. The van der Waals surface area contributed by atoms with Crippen LogP contribution in [0.1, 0.15) is 6.42 Å². The van der Waals surface area contributed by atoms with Gasteiger partial charge in [0.25, 0.3) is 0 Å². The van der Waals surface area contributed by atoms with Crippen LogP contribution in [0.25, 0.3) is 0 Å². The van der Waals surface area contributed by atoms with Gasteiger partial charge >= 0.3 is 0 Å². The van der Waals surface area contributed by atoms with Crippen molar-refractivity contribution < 1.29 is 4.74 Å². The maximum atomic E-state index is 5.80. The van der Waals surface area contributed by atoms with E-state index in [1.54, 1.807) is 12.4 Å². The molecule has 0 amide bonds. The predicted molar refractivity (Wildman–Crippen MR) is 61.2 cm³/mol. The molecule has 1 N–H and O–H groups in total. The molecule has 0 saturated carbocycles. The van der Waals surface area contributed by atoms with Crippen LogP contribution < -0.4 is 5.32 Å². The molecular formula is C10H14ClN3O. The van der Waals surface area contributed by atoms with Crippen LogP contribution in [0.4, 0.5) is 5.82 Å². The van der Waals surface area contributed by atoms with Gasteiger partial charge in [-0.3, -0.25) is 0 Å². The van der Waals surface area contributed by atoms with E-state index in [0.717, 1.165) is 6.42 Å². The number of nitrogens with one attached hydrogen (secondary N) is 1. The summed E-state index contributed by atoms with van der Waals surface area (Å²) in [7, 11) is 0. The molecule has 1 aromatic heterocycles. The summed E-state index contributed by atoms with van der Waals surface area (Å²) in [5.74, 6) is 0.589. The van der Waals surface area contributed by atoms with Crippen molar-refractivity contribution in [2.75, 3.05) is 25.1 Å². The third-order valence-corrected chi connectivity index (χ3v) is 1.94. The molecule has 0 aromatic carbocycles. The van der Waals surface area contributed by atoms with Crippen LogP contribution in [0, 0.1) is 0 Å². The number of anilines is 1. The van der Waals surface area contributed by atoms with Crippen molar-refractivity contribution in [2.24, 2.45) is 0 Å². The number of ether oxygens (including phenoxy) is 1. The highest BCUT2D eigenvalue weighted by Crippen LogP contribution is 2.13. The highest BCUT2D eigenvalue weighted by Gasteiger charge is 1.99. The minimum Gasteiger partial charge on any atom is -0.379 e. The number of aromatic nitrogens is 2. The Hall–Kier alpha value is -1.13. The molecule has 1 heterocycles. The Morgan fingerprint density at radius 3 is 2.93 bits per heavy atom. The van der Waals surface area contributed by atoms with Crippen LogP contribution in [0.2, 0.25) is 5.15 Å². The molecule has 0 bridgehead atoms. The fraction of sp³-hybridized carbons (Fsp3) is 0.400. The molecular weight excluding hydrogens is 214 g/mol. The summed E-state index contributed by atoms with van der Waals surface area (Å²) in [6, 6.07) is 0. The fourth-order valence-electron chi connectivity index (χ4n) is 0.950. The molecule has 0 atom stereocenters. The van der Waals surface area contributed by atoms with Crippen molar-refractivity contribution in [3.63, 3.8) is 0 Å². The van der Waals surface area contributed by atoms with Gasteiger partial charge in [-0.2, -0.15) is 0 Å². The average molecular weight is 228 g/mol. The number of rotatable bonds is 7. The zero-order valence-corrected chi connectivity index (χ0v) is 9.20. The molecule has 4 nitrogen and oxygen atoms in total. The first-order chi connectivity index (χ1) is 7.34. The Labute approximate surface area is 94.3 Å². The largest absolute Gasteiger partial charge is 0.379 e. The molecule has 0 aliphatic heterocycles. The monoisotopic (exact) mass is 227 g/mol. The van der Waals surface area contributed by atoms with Gasteiger partial charge in [-0.05, 0) is 6.42 Å². The molecule has 0 spiro atoms. The van der Waals surface area contributed by atoms with E-state index in [1.807, 2.05) is 6.08 Å². The SMILES string of the molecule is C=CCCOCCNc1nccnc1Cl. The van der Waals surface area contributed by atoms with Crippen LogP contribution in [-0.2, 0) is 4.74 Å². The summed E-state index contributed by atoms with van der Waals surface area (Å²) in [5.41, 5.74) is 0. The average Bonchev–Trinajstić information content (AvgIpc) is 2.25. The van der Waals surface area contributed by atoms with Gasteiger partial charge in [0.1, 0.15) is 0 Å². The molecule has 1 rings (SSSR count). The van der Waals surface area contributed by atoms with Crippen LogP contribution in [0.3, 0.4) is 0 Å². The van der Waals surface area contributed by atoms with E-state index >= 15 is 0 Å². The van der Waals surface area contributed by atoms with E-state index in [-0.39, 0.29) is 0 Å². The quantitative estimate of drug-likeness (QED) is 0.573. The van der Waals surface area contributed by atoms with Crippen LogP contribution in [0.5, 0.6) is 0 Å². The van der Waals surface area contributed by atoms with Gasteiger partial charge in [0.05, 0.1) is 13.2 Å². The van der Waals surface area contributed by atoms with Gasteiger partial charge in [0.15, 0.2) is 11.0 Å². The number of hydrogen-bond donors (Lipinski definition) is 1. The number of nitrogens with zero attached hydrogens (tertiary/aromatic N) is 2. The van der Waals surface area contributed by atoms with Crippen molar-refractivity contribution in [3.05, 3.63) is 30.2 Å². The van der Waals surface area contributed by atoms with Gasteiger partial charge in [0, 0.05) is 18.9 Å². The van der Waals surface area contributed by atoms with Crippen molar-refractivity contribution in [1.29, 1.82) is 0 Å². The molecule has 0 unspecified atom stereocenters. The standard InChI is InChI=1S/C10H14ClN3O/c1-2-3-7-15-8-6-14-10-9(11)12-4-5-13-10/h2,4-5H,1,3,6-8H2,(H,13,14). The fourth-order valence-corrected chi connectivity index (χ4v) is 1.12. The predicted octanol–water partition coefficient (Wildman–Crippen LogP) is 2.13. The molecule has 0 fully saturated rings. The highest BCUT2D eigenvalue weighted by molar-refractivity contribution is 6.31. The van der Waals surface area contributed by atoms with Gasteiger partial charge in [-0.1, -0.05) is 17.7 Å². The van der Waals surface area contributed by atoms with E-state index in [9.17, 15) is 0 Å². The molecule has 1 aromatic rings. The van der Waals surface area contributed by atoms with Crippen LogP contribution >= 0.6 is 11.6 Å². The second-order valence-electron chi connectivity index (χ2n) is 2.81. The van der Waals surface area contributed by atoms with E-state index in [1.165, 1.54) is 0 Å². The Bertz CT molecular complexity index is 306. The molecule has 5 heteroatoms. The lowest BCUT2D eigenvalue weighted by Gasteiger charge is -2.06. The maximum Gasteiger partial charge on any atom is 0.171 e. The van der Waals surface area contributed by atoms with E-state index in [0.29, 0.717) is 30.7 Å². The van der Waals surface area contributed by atoms with E-state index < -0.39 is 0 Å². The summed E-state index contributed by atoms with van der Waals surface area (Å²) in [4.78, 5) is 7.93. The second kappa shape index (κ2) is 7.20. The molecule has 0 aliphatic rings. The third-order valence-electron chi connectivity index (χ3n) is 1.66. The van der Waals surface area contributed by atoms with Gasteiger partial charge < -0.3 is 10.1 Å². The lowest BCUT2D eigenvalue weighted by molar-refractivity contribution is 0.149. The van der Waals surface area contributed by atoms with E-state index in [4.69, 9.17) is 16.3 Å². The number of hydrogen-bond acceptors (Lipinski definition) is 4. The Kier molecular flexibility index (Phi) is 5.73. The lowest BCUT2D eigenvalue weighted by Crippen LogP contribution is -2.11. The maximum absolute atomic E-state index is 5.80. The lowest BCUT2D eigenvalue weighted by atomic mass is 10.4. The second-order valence-corrected chi connectivity index (χ2v) is 3.17. The smallest absolute Gasteiger partial charge is 0.171 e.